The summed E-state index contributed by atoms with van der Waals surface area (Å²) in [5.74, 6) is -0.428. The standard InChI is InChI=1S/C13H8N2O3/c16-7-9-3-1-5-11(14-9)13(18)12-6-2-4-10(8-17)15-12/h1-8H. The highest BCUT2D eigenvalue weighted by Crippen LogP contribution is 2.06. The largest absolute Gasteiger partial charge is 0.296 e. The predicted octanol–water partition coefficient (Wildman–Crippen LogP) is 1.33. The number of hydrogen-bond acceptors (Lipinski definition) is 5. The summed E-state index contributed by atoms with van der Waals surface area (Å²) < 4.78 is 0. The van der Waals surface area contributed by atoms with Crippen LogP contribution in [0.4, 0.5) is 0 Å². The van der Waals surface area contributed by atoms with Crippen molar-refractivity contribution < 1.29 is 14.4 Å². The summed E-state index contributed by atoms with van der Waals surface area (Å²) in [6, 6.07) is 9.11. The zero-order valence-electron chi connectivity index (χ0n) is 9.24. The number of aldehydes is 2. The van der Waals surface area contributed by atoms with Gasteiger partial charge >= 0.3 is 0 Å². The first-order valence-corrected chi connectivity index (χ1v) is 5.14. The minimum Gasteiger partial charge on any atom is -0.296 e. The summed E-state index contributed by atoms with van der Waals surface area (Å²) in [6.07, 6.45) is 1.12. The summed E-state index contributed by atoms with van der Waals surface area (Å²) in [4.78, 5) is 40.9. The first kappa shape index (κ1) is 11.8. The molecular formula is C13H8N2O3. The highest BCUT2D eigenvalue weighted by molar-refractivity contribution is 6.06. The van der Waals surface area contributed by atoms with Crippen molar-refractivity contribution in [3.63, 3.8) is 0 Å². The van der Waals surface area contributed by atoms with E-state index >= 15 is 0 Å². The summed E-state index contributed by atoms with van der Waals surface area (Å²) >= 11 is 0. The fourth-order valence-electron chi connectivity index (χ4n) is 1.42. The average molecular weight is 240 g/mol. The van der Waals surface area contributed by atoms with Crippen molar-refractivity contribution in [2.75, 3.05) is 0 Å². The van der Waals surface area contributed by atoms with E-state index in [1.807, 2.05) is 0 Å². The van der Waals surface area contributed by atoms with E-state index in [9.17, 15) is 14.4 Å². The van der Waals surface area contributed by atoms with Gasteiger partial charge in [-0.1, -0.05) is 12.1 Å². The molecule has 5 heteroatoms. The molecule has 0 aliphatic rings. The Balaban J connectivity index is 2.40. The number of pyridine rings is 2. The number of carbonyl (C=O) groups is 3. The van der Waals surface area contributed by atoms with Gasteiger partial charge in [-0.2, -0.15) is 0 Å². The van der Waals surface area contributed by atoms with Gasteiger partial charge in [-0.15, -0.1) is 0 Å². The predicted molar refractivity (Wildman–Crippen MR) is 62.7 cm³/mol. The second-order valence-electron chi connectivity index (χ2n) is 3.46. The fraction of sp³-hybridized carbons (Fsp3) is 0. The van der Waals surface area contributed by atoms with E-state index in [0.717, 1.165) is 0 Å². The molecule has 0 fully saturated rings. The van der Waals surface area contributed by atoms with Gasteiger partial charge < -0.3 is 0 Å². The lowest BCUT2D eigenvalue weighted by Gasteiger charge is -2.00. The Morgan fingerprint density at radius 1 is 0.833 bits per heavy atom. The van der Waals surface area contributed by atoms with Crippen LogP contribution in [0.25, 0.3) is 0 Å². The van der Waals surface area contributed by atoms with Crippen molar-refractivity contribution in [1.29, 1.82) is 0 Å². The lowest BCUT2D eigenvalue weighted by atomic mass is 10.1. The third kappa shape index (κ3) is 2.35. The molecule has 2 heterocycles. The smallest absolute Gasteiger partial charge is 0.229 e. The van der Waals surface area contributed by atoms with Gasteiger partial charge in [0.15, 0.2) is 12.6 Å². The Kier molecular flexibility index (Phi) is 3.33. The van der Waals surface area contributed by atoms with Crippen LogP contribution in [0.2, 0.25) is 0 Å². The van der Waals surface area contributed by atoms with Crippen molar-refractivity contribution in [2.24, 2.45) is 0 Å². The zero-order valence-corrected chi connectivity index (χ0v) is 9.24. The molecule has 0 saturated heterocycles. The lowest BCUT2D eigenvalue weighted by Crippen LogP contribution is -2.08. The number of nitrogens with zero attached hydrogens (tertiary/aromatic N) is 2. The molecule has 88 valence electrons. The van der Waals surface area contributed by atoms with E-state index in [-0.39, 0.29) is 22.8 Å². The van der Waals surface area contributed by atoms with Gasteiger partial charge in [-0.05, 0) is 24.3 Å². The molecule has 5 nitrogen and oxygen atoms in total. The SMILES string of the molecule is O=Cc1cccc(C(=O)c2cccc(C=O)n2)n1. The van der Waals surface area contributed by atoms with E-state index in [4.69, 9.17) is 0 Å². The highest BCUT2D eigenvalue weighted by atomic mass is 16.1. The Morgan fingerprint density at radius 2 is 1.28 bits per heavy atom. The van der Waals surface area contributed by atoms with Crippen LogP contribution >= 0.6 is 0 Å². The molecule has 0 atom stereocenters. The van der Waals surface area contributed by atoms with Crippen LogP contribution in [0.15, 0.2) is 36.4 Å². The van der Waals surface area contributed by atoms with E-state index in [1.165, 1.54) is 24.3 Å². The molecule has 2 rings (SSSR count). The first-order valence-electron chi connectivity index (χ1n) is 5.14. The van der Waals surface area contributed by atoms with Crippen LogP contribution in [0, 0.1) is 0 Å². The maximum atomic E-state index is 12.0. The van der Waals surface area contributed by atoms with Gasteiger partial charge in [0.05, 0.1) is 0 Å². The van der Waals surface area contributed by atoms with Crippen molar-refractivity contribution >= 4 is 18.4 Å². The van der Waals surface area contributed by atoms with Crippen LogP contribution in [0.5, 0.6) is 0 Å². The quantitative estimate of drug-likeness (QED) is 0.595. The Labute approximate surface area is 103 Å². The summed E-state index contributed by atoms with van der Waals surface area (Å²) in [7, 11) is 0. The normalized spacial score (nSPS) is 9.78. The molecule has 2 aromatic heterocycles. The van der Waals surface area contributed by atoms with Gasteiger partial charge in [0.1, 0.15) is 22.8 Å². The minimum absolute atomic E-state index is 0.121. The van der Waals surface area contributed by atoms with Gasteiger partial charge in [-0.3, -0.25) is 14.4 Å². The van der Waals surface area contributed by atoms with Crippen LogP contribution in [0.1, 0.15) is 37.2 Å². The van der Waals surface area contributed by atoms with Crippen molar-refractivity contribution in [2.45, 2.75) is 0 Å². The molecule has 0 amide bonds. The minimum atomic E-state index is -0.428. The molecule has 0 bridgehead atoms. The number of ketones is 1. The summed E-state index contributed by atoms with van der Waals surface area (Å²) in [5.41, 5.74) is 0.588. The Bertz CT molecular complexity index is 570. The maximum Gasteiger partial charge on any atom is 0.229 e. The molecule has 0 saturated carbocycles. The fourth-order valence-corrected chi connectivity index (χ4v) is 1.42. The second-order valence-corrected chi connectivity index (χ2v) is 3.46. The molecule has 2 aromatic rings. The lowest BCUT2D eigenvalue weighted by molar-refractivity contribution is 0.102. The maximum absolute atomic E-state index is 12.0. The van der Waals surface area contributed by atoms with Crippen molar-refractivity contribution in [3.8, 4) is 0 Å². The van der Waals surface area contributed by atoms with E-state index in [2.05, 4.69) is 9.97 Å². The third-order valence-corrected chi connectivity index (χ3v) is 2.25. The molecule has 0 spiro atoms. The number of aromatic nitrogens is 2. The molecule has 18 heavy (non-hydrogen) atoms. The highest BCUT2D eigenvalue weighted by Gasteiger charge is 2.12. The molecule has 0 N–H and O–H groups in total. The van der Waals surface area contributed by atoms with E-state index < -0.39 is 5.78 Å². The van der Waals surface area contributed by atoms with E-state index in [0.29, 0.717) is 12.6 Å². The number of rotatable bonds is 4. The monoisotopic (exact) mass is 240 g/mol. The van der Waals surface area contributed by atoms with Crippen LogP contribution < -0.4 is 0 Å². The van der Waals surface area contributed by atoms with Gasteiger partial charge in [0, 0.05) is 0 Å². The van der Waals surface area contributed by atoms with E-state index in [1.54, 1.807) is 12.1 Å². The van der Waals surface area contributed by atoms with Crippen LogP contribution in [0.3, 0.4) is 0 Å². The van der Waals surface area contributed by atoms with Gasteiger partial charge in [-0.25, -0.2) is 9.97 Å². The third-order valence-electron chi connectivity index (χ3n) is 2.25. The van der Waals surface area contributed by atoms with Crippen LogP contribution in [-0.4, -0.2) is 28.3 Å². The number of hydrogen-bond donors (Lipinski definition) is 0. The average Bonchev–Trinajstić information content (AvgIpc) is 2.46. The Hall–Kier alpha value is -2.69. The number of carbonyl (C=O) groups excluding carboxylic acids is 3. The topological polar surface area (TPSA) is 77.0 Å². The Morgan fingerprint density at radius 3 is 1.67 bits per heavy atom. The molecule has 0 radical (unpaired) electrons. The first-order chi connectivity index (χ1) is 8.74. The molecule has 0 aliphatic heterocycles. The molecule has 0 aliphatic carbocycles. The zero-order chi connectivity index (χ0) is 13.0. The molecular weight excluding hydrogens is 232 g/mol. The molecule has 0 unspecified atom stereocenters. The summed E-state index contributed by atoms with van der Waals surface area (Å²) in [6.45, 7) is 0. The van der Waals surface area contributed by atoms with Gasteiger partial charge in [0.25, 0.3) is 0 Å². The van der Waals surface area contributed by atoms with Crippen molar-refractivity contribution in [1.82, 2.24) is 9.97 Å². The summed E-state index contributed by atoms with van der Waals surface area (Å²) in [5, 5.41) is 0. The van der Waals surface area contributed by atoms with Crippen molar-refractivity contribution in [3.05, 3.63) is 59.2 Å². The van der Waals surface area contributed by atoms with Crippen LogP contribution in [-0.2, 0) is 0 Å². The van der Waals surface area contributed by atoms with Gasteiger partial charge in [0.2, 0.25) is 5.78 Å². The molecule has 0 aromatic carbocycles. The second kappa shape index (κ2) is 5.09.